The number of benzene rings is 6. The Morgan fingerprint density at radius 3 is 1.58 bits per heavy atom. The van der Waals surface area contributed by atoms with Crippen LogP contribution in [0.15, 0.2) is 109 Å². The van der Waals surface area contributed by atoms with Crippen LogP contribution in [0.4, 0.5) is 34.1 Å². The first-order valence-corrected chi connectivity index (χ1v) is 26.2. The Labute approximate surface area is 405 Å². The number of para-hydroxylation sites is 1. The van der Waals surface area contributed by atoms with Crippen LogP contribution in [-0.2, 0) is 32.5 Å². The second kappa shape index (κ2) is 14.0. The summed E-state index contributed by atoms with van der Waals surface area (Å²) < 4.78 is 2.88. The van der Waals surface area contributed by atoms with Crippen molar-refractivity contribution in [3.63, 3.8) is 0 Å². The van der Waals surface area contributed by atoms with E-state index in [1.165, 1.54) is 149 Å². The highest BCUT2D eigenvalue weighted by atomic mass is 32.1. The zero-order valence-corrected chi connectivity index (χ0v) is 43.3. The van der Waals surface area contributed by atoms with Crippen molar-refractivity contribution in [2.75, 3.05) is 9.80 Å². The molecule has 0 radical (unpaired) electrons. The second-order valence-corrected chi connectivity index (χ2v) is 26.5. The molecule has 0 spiro atoms. The predicted molar refractivity (Wildman–Crippen MR) is 292 cm³/mol. The molecule has 1 aromatic heterocycles. The zero-order valence-electron chi connectivity index (χ0n) is 42.5. The van der Waals surface area contributed by atoms with Gasteiger partial charge in [-0.3, -0.25) is 0 Å². The molecule has 0 N–H and O–H groups in total. The van der Waals surface area contributed by atoms with E-state index >= 15 is 0 Å². The fourth-order valence-electron chi connectivity index (χ4n) is 13.5. The molecule has 7 aromatic rings. The average molecular weight is 897 g/mol. The van der Waals surface area contributed by atoms with Gasteiger partial charge in [-0.25, -0.2) is 0 Å². The van der Waals surface area contributed by atoms with E-state index in [4.69, 9.17) is 0 Å². The number of aryl methyl sites for hydroxylation is 1. The molecule has 3 heterocycles. The Morgan fingerprint density at radius 1 is 0.448 bits per heavy atom. The van der Waals surface area contributed by atoms with Crippen molar-refractivity contribution in [1.29, 1.82) is 0 Å². The summed E-state index contributed by atoms with van der Waals surface area (Å²) in [6.07, 6.45) is 7.16. The lowest BCUT2D eigenvalue weighted by Gasteiger charge is -2.47. The van der Waals surface area contributed by atoms with Gasteiger partial charge in [-0.15, -0.1) is 11.3 Å². The summed E-state index contributed by atoms with van der Waals surface area (Å²) in [5.41, 5.74) is 24.2. The third-order valence-corrected chi connectivity index (χ3v) is 19.3. The Hall–Kier alpha value is -5.06. The highest BCUT2D eigenvalue weighted by molar-refractivity contribution is 7.33. The summed E-state index contributed by atoms with van der Waals surface area (Å²) in [6.45, 7) is 32.2. The molecule has 0 bridgehead atoms. The smallest absolute Gasteiger partial charge is 0.264 e. The minimum absolute atomic E-state index is 0.0665. The van der Waals surface area contributed by atoms with Crippen LogP contribution in [-0.4, -0.2) is 6.71 Å². The molecule has 12 rings (SSSR count). The maximum absolute atomic E-state index is 2.72. The predicted octanol–water partition coefficient (Wildman–Crippen LogP) is 16.0. The molecular weight excluding hydrogens is 828 g/mol. The van der Waals surface area contributed by atoms with Crippen LogP contribution in [0, 0.1) is 6.92 Å². The van der Waals surface area contributed by atoms with Gasteiger partial charge in [0.15, 0.2) is 0 Å². The third kappa shape index (κ3) is 6.26. The molecule has 0 atom stereocenters. The van der Waals surface area contributed by atoms with Crippen molar-refractivity contribution in [2.24, 2.45) is 0 Å². The van der Waals surface area contributed by atoms with E-state index in [2.05, 4.69) is 220 Å². The number of hydrogen-bond acceptors (Lipinski definition) is 3. The van der Waals surface area contributed by atoms with Gasteiger partial charge in [0.05, 0.1) is 11.4 Å². The topological polar surface area (TPSA) is 6.48 Å². The van der Waals surface area contributed by atoms with Gasteiger partial charge in [0, 0.05) is 43.2 Å². The third-order valence-electron chi connectivity index (χ3n) is 18.1. The first-order chi connectivity index (χ1) is 31.6. The molecule has 340 valence electrons. The first-order valence-electron chi connectivity index (χ1n) is 25.4. The van der Waals surface area contributed by atoms with E-state index in [0.29, 0.717) is 0 Å². The van der Waals surface area contributed by atoms with Crippen LogP contribution in [0.5, 0.6) is 0 Å². The summed E-state index contributed by atoms with van der Waals surface area (Å²) in [6, 6.07) is 43.6. The second-order valence-electron chi connectivity index (χ2n) is 25.4. The van der Waals surface area contributed by atoms with E-state index in [1.54, 1.807) is 0 Å². The van der Waals surface area contributed by atoms with Gasteiger partial charge in [-0.2, -0.15) is 0 Å². The fourth-order valence-corrected chi connectivity index (χ4v) is 14.9. The van der Waals surface area contributed by atoms with Gasteiger partial charge in [-0.1, -0.05) is 144 Å². The van der Waals surface area contributed by atoms with Gasteiger partial charge in [-0.05, 0) is 182 Å². The van der Waals surface area contributed by atoms with Gasteiger partial charge >= 0.3 is 0 Å². The van der Waals surface area contributed by atoms with Gasteiger partial charge in [0.2, 0.25) is 0 Å². The van der Waals surface area contributed by atoms with Crippen LogP contribution < -0.4 is 25.5 Å². The lowest BCUT2D eigenvalue weighted by molar-refractivity contribution is 0.332. The molecule has 0 amide bonds. The van der Waals surface area contributed by atoms with E-state index in [1.807, 2.05) is 0 Å². The number of hydrogen-bond donors (Lipinski definition) is 0. The molecule has 67 heavy (non-hydrogen) atoms. The van der Waals surface area contributed by atoms with E-state index < -0.39 is 0 Å². The van der Waals surface area contributed by atoms with Crippen LogP contribution in [0.3, 0.4) is 0 Å². The van der Waals surface area contributed by atoms with E-state index in [0.717, 1.165) is 0 Å². The normalized spacial score (nSPS) is 20.6. The summed E-state index contributed by atoms with van der Waals surface area (Å²) in [5, 5.41) is 1.39. The zero-order chi connectivity index (χ0) is 47.0. The van der Waals surface area contributed by atoms with Crippen LogP contribution in [0.2, 0.25) is 0 Å². The van der Waals surface area contributed by atoms with Gasteiger partial charge in [0.1, 0.15) is 0 Å². The highest BCUT2D eigenvalue weighted by Gasteiger charge is 2.49. The van der Waals surface area contributed by atoms with Gasteiger partial charge < -0.3 is 9.80 Å². The summed E-state index contributed by atoms with van der Waals surface area (Å²) in [7, 11) is 0. The molecule has 0 fully saturated rings. The van der Waals surface area contributed by atoms with Crippen LogP contribution in [0.1, 0.15) is 161 Å². The molecule has 2 aliphatic heterocycles. The molecule has 0 saturated carbocycles. The molecule has 0 unspecified atom stereocenters. The number of thiophene rings is 1. The Kier molecular flexibility index (Phi) is 9.05. The van der Waals surface area contributed by atoms with Crippen LogP contribution in [0.25, 0.3) is 21.2 Å². The van der Waals surface area contributed by atoms with E-state index in [9.17, 15) is 0 Å². The minimum atomic E-state index is 0.0665. The number of fused-ring (bicyclic) bond motifs is 9. The monoisotopic (exact) mass is 897 g/mol. The van der Waals surface area contributed by atoms with Crippen LogP contribution >= 0.6 is 11.3 Å². The van der Waals surface area contributed by atoms with Crippen molar-refractivity contribution < 1.29 is 0 Å². The highest BCUT2D eigenvalue weighted by Crippen LogP contribution is 2.56. The molecule has 4 heteroatoms. The lowest BCUT2D eigenvalue weighted by Crippen LogP contribution is -2.61. The number of nitrogens with zero attached hydrogens (tertiary/aromatic N) is 2. The Bertz CT molecular complexity index is 3230. The Balaban J connectivity index is 1.23. The number of anilines is 6. The molecule has 5 aliphatic rings. The summed E-state index contributed by atoms with van der Waals surface area (Å²) in [4.78, 5) is 5.44. The van der Waals surface area contributed by atoms with Gasteiger partial charge in [0.25, 0.3) is 6.71 Å². The van der Waals surface area contributed by atoms with Crippen molar-refractivity contribution >= 4 is 78.0 Å². The maximum atomic E-state index is 2.72. The van der Waals surface area contributed by atoms with Crippen molar-refractivity contribution in [1.82, 2.24) is 0 Å². The largest absolute Gasteiger partial charge is 0.311 e. The molecule has 2 nitrogen and oxygen atoms in total. The first kappa shape index (κ1) is 43.2. The molecule has 0 saturated heterocycles. The van der Waals surface area contributed by atoms with E-state index in [-0.39, 0.29) is 39.2 Å². The average Bonchev–Trinajstić information content (AvgIpc) is 3.66. The molecule has 3 aliphatic carbocycles. The summed E-state index contributed by atoms with van der Waals surface area (Å²) in [5.74, 6) is 0. The van der Waals surface area contributed by atoms with Crippen molar-refractivity contribution in [3.05, 3.63) is 148 Å². The minimum Gasteiger partial charge on any atom is -0.311 e. The number of rotatable bonds is 3. The fraction of sp³-hybridized carbons (Fsp3) is 0.397. The SMILES string of the molecule is Cc1cc2c3c(c1)N(c1ccccc1-c1ccccc1)c1c(sc4cc5c(cc14)C(C)(C)CCC5(C)C)B3c1cc3c(cc1N2c1ccc2c(c1)C(C)(C)CCC2(C)C)C(C)(C)CCC3(C)C. The quantitative estimate of drug-likeness (QED) is 0.163. The molecular formula is C63H69BN2S. The van der Waals surface area contributed by atoms with Crippen molar-refractivity contribution in [3.8, 4) is 11.1 Å². The maximum Gasteiger partial charge on any atom is 0.264 e. The Morgan fingerprint density at radius 2 is 0.955 bits per heavy atom. The molecule has 6 aromatic carbocycles. The van der Waals surface area contributed by atoms with Crippen molar-refractivity contribution in [2.45, 2.75) is 161 Å². The standard InChI is InChI=1S/C63H69BN2S/c1-38-31-52-55-53(32-38)66(50-22-18-17-21-41(50)39-19-15-14-16-20-39)56-42-34-45-48(63(12,13)30-27-60(45,6)7)37-54(42)67-57(56)64(55)49-35-46-47(62(10,11)29-28-61(46,8)9)36-51(49)65(52)40-23-24-43-44(33-40)59(4,5)26-25-58(43,2)3/h14-24,31-37H,25-30H2,1-13H3. The lowest BCUT2D eigenvalue weighted by atomic mass is 9.35. The summed E-state index contributed by atoms with van der Waals surface area (Å²) >= 11 is 2.07.